The molecule has 1 heterocycles. The summed E-state index contributed by atoms with van der Waals surface area (Å²) >= 11 is 0. The van der Waals surface area contributed by atoms with Gasteiger partial charge in [-0.1, -0.05) is 6.92 Å². The minimum Gasteiger partial charge on any atom is -0.491 e. The highest BCUT2D eigenvalue weighted by Gasteiger charge is 2.01. The average Bonchev–Trinajstić information content (AvgIpc) is 1.95. The van der Waals surface area contributed by atoms with Gasteiger partial charge in [0.25, 0.3) is 5.88 Å². The number of hydrogen-bond acceptors (Lipinski definition) is 3. The van der Waals surface area contributed by atoms with Crippen LogP contribution in [0.15, 0.2) is 6.20 Å². The van der Waals surface area contributed by atoms with E-state index in [2.05, 4.69) is 9.97 Å². The van der Waals surface area contributed by atoms with E-state index in [-0.39, 0.29) is 0 Å². The maximum absolute atomic E-state index is 12.3. The van der Waals surface area contributed by atoms with Gasteiger partial charge in [-0.05, 0) is 0 Å². The number of aryl methyl sites for hydroxylation is 1. The molecular formula is C6H7FN2O. The quantitative estimate of drug-likeness (QED) is 0.633. The van der Waals surface area contributed by atoms with E-state index in [0.29, 0.717) is 12.2 Å². The summed E-state index contributed by atoms with van der Waals surface area (Å²) in [6.45, 7) is 1.83. The molecule has 0 aliphatic rings. The van der Waals surface area contributed by atoms with Crippen molar-refractivity contribution in [3.63, 3.8) is 0 Å². The fraction of sp³-hybridized carbons (Fsp3) is 0.333. The first-order chi connectivity index (χ1) is 4.74. The Labute approximate surface area is 57.6 Å². The summed E-state index contributed by atoms with van der Waals surface area (Å²) < 4.78 is 12.3. The monoisotopic (exact) mass is 142 g/mol. The van der Waals surface area contributed by atoms with Crippen molar-refractivity contribution in [2.75, 3.05) is 0 Å². The lowest BCUT2D eigenvalue weighted by Gasteiger charge is -1.95. The van der Waals surface area contributed by atoms with Crippen molar-refractivity contribution in [3.05, 3.63) is 17.8 Å². The highest BCUT2D eigenvalue weighted by Crippen LogP contribution is 2.08. The van der Waals surface area contributed by atoms with Crippen LogP contribution in [-0.2, 0) is 6.42 Å². The second-order valence-corrected chi connectivity index (χ2v) is 1.81. The van der Waals surface area contributed by atoms with Crippen molar-refractivity contribution in [2.45, 2.75) is 13.3 Å². The molecule has 0 unspecified atom stereocenters. The van der Waals surface area contributed by atoms with Crippen LogP contribution in [0.1, 0.15) is 12.7 Å². The Morgan fingerprint density at radius 3 is 2.90 bits per heavy atom. The zero-order chi connectivity index (χ0) is 7.56. The Balaban J connectivity index is 3.04. The minimum atomic E-state index is -0.780. The van der Waals surface area contributed by atoms with Crippen LogP contribution < -0.4 is 0 Å². The minimum absolute atomic E-state index is 0.443. The first-order valence-electron chi connectivity index (χ1n) is 2.94. The van der Waals surface area contributed by atoms with Gasteiger partial charge in [0.2, 0.25) is 5.82 Å². The zero-order valence-electron chi connectivity index (χ0n) is 5.50. The molecule has 1 aromatic heterocycles. The summed E-state index contributed by atoms with van der Waals surface area (Å²) in [6, 6.07) is 0. The molecule has 0 fully saturated rings. The van der Waals surface area contributed by atoms with Gasteiger partial charge in [-0.3, -0.25) is 0 Å². The van der Waals surface area contributed by atoms with Crippen LogP contribution in [0.3, 0.4) is 0 Å². The SMILES string of the molecule is CCc1ncc(F)c(O)n1. The number of hydrogen-bond donors (Lipinski definition) is 1. The molecule has 0 aromatic carbocycles. The molecular weight excluding hydrogens is 135 g/mol. The Bertz CT molecular complexity index is 239. The summed E-state index contributed by atoms with van der Waals surface area (Å²) in [6.07, 6.45) is 1.55. The molecule has 0 saturated carbocycles. The lowest BCUT2D eigenvalue weighted by molar-refractivity contribution is 0.405. The Morgan fingerprint density at radius 2 is 2.40 bits per heavy atom. The molecule has 0 atom stereocenters. The highest BCUT2D eigenvalue weighted by molar-refractivity contribution is 5.09. The molecule has 1 aromatic rings. The Hall–Kier alpha value is -1.19. The number of nitrogens with zero attached hydrogens (tertiary/aromatic N) is 2. The molecule has 0 aliphatic carbocycles. The van der Waals surface area contributed by atoms with E-state index in [1.807, 2.05) is 6.92 Å². The number of aromatic nitrogens is 2. The van der Waals surface area contributed by atoms with Crippen LogP contribution in [0.25, 0.3) is 0 Å². The van der Waals surface area contributed by atoms with Gasteiger partial charge >= 0.3 is 0 Å². The standard InChI is InChI=1S/C6H7FN2O/c1-2-5-8-3-4(7)6(10)9-5/h3H,2H2,1H3,(H,8,9,10). The summed E-state index contributed by atoms with van der Waals surface area (Å²) in [7, 11) is 0. The van der Waals surface area contributed by atoms with E-state index < -0.39 is 11.7 Å². The summed E-state index contributed by atoms with van der Waals surface area (Å²) in [5.41, 5.74) is 0. The molecule has 0 saturated heterocycles. The molecule has 0 bridgehead atoms. The smallest absolute Gasteiger partial charge is 0.251 e. The zero-order valence-corrected chi connectivity index (χ0v) is 5.50. The van der Waals surface area contributed by atoms with Crippen LogP contribution in [-0.4, -0.2) is 15.1 Å². The largest absolute Gasteiger partial charge is 0.491 e. The van der Waals surface area contributed by atoms with E-state index >= 15 is 0 Å². The maximum atomic E-state index is 12.3. The van der Waals surface area contributed by atoms with Crippen LogP contribution in [0, 0.1) is 5.82 Å². The summed E-state index contributed by atoms with van der Waals surface area (Å²) in [5, 5.41) is 8.71. The fourth-order valence-electron chi connectivity index (χ4n) is 0.564. The van der Waals surface area contributed by atoms with Gasteiger partial charge in [0, 0.05) is 6.42 Å². The van der Waals surface area contributed by atoms with Gasteiger partial charge in [0.05, 0.1) is 6.20 Å². The molecule has 0 amide bonds. The molecule has 10 heavy (non-hydrogen) atoms. The van der Waals surface area contributed by atoms with Crippen LogP contribution in [0.5, 0.6) is 5.88 Å². The Morgan fingerprint density at radius 1 is 1.70 bits per heavy atom. The van der Waals surface area contributed by atoms with E-state index in [0.717, 1.165) is 6.20 Å². The lowest BCUT2D eigenvalue weighted by Crippen LogP contribution is -1.93. The van der Waals surface area contributed by atoms with Crippen molar-refractivity contribution in [3.8, 4) is 5.88 Å². The first kappa shape index (κ1) is 6.92. The van der Waals surface area contributed by atoms with Crippen molar-refractivity contribution in [1.82, 2.24) is 9.97 Å². The van der Waals surface area contributed by atoms with Gasteiger partial charge < -0.3 is 5.11 Å². The van der Waals surface area contributed by atoms with Gasteiger partial charge in [-0.2, -0.15) is 9.37 Å². The predicted octanol–water partition coefficient (Wildman–Crippen LogP) is 0.884. The molecule has 3 nitrogen and oxygen atoms in total. The van der Waals surface area contributed by atoms with Crippen molar-refractivity contribution in [1.29, 1.82) is 0 Å². The molecule has 0 aliphatic heterocycles. The second-order valence-electron chi connectivity index (χ2n) is 1.81. The molecule has 0 spiro atoms. The van der Waals surface area contributed by atoms with Crippen LogP contribution >= 0.6 is 0 Å². The van der Waals surface area contributed by atoms with Gasteiger partial charge in [0.15, 0.2) is 0 Å². The third-order valence-corrected chi connectivity index (χ3v) is 1.09. The fourth-order valence-corrected chi connectivity index (χ4v) is 0.564. The molecule has 1 N–H and O–H groups in total. The highest BCUT2D eigenvalue weighted by atomic mass is 19.1. The van der Waals surface area contributed by atoms with E-state index in [1.54, 1.807) is 0 Å². The van der Waals surface area contributed by atoms with Gasteiger partial charge in [-0.25, -0.2) is 4.98 Å². The Kier molecular flexibility index (Phi) is 1.80. The van der Waals surface area contributed by atoms with E-state index in [4.69, 9.17) is 5.11 Å². The maximum Gasteiger partial charge on any atom is 0.251 e. The summed E-state index contributed by atoms with van der Waals surface area (Å²) in [5.74, 6) is -0.914. The predicted molar refractivity (Wildman–Crippen MR) is 33.0 cm³/mol. The molecule has 0 radical (unpaired) electrons. The van der Waals surface area contributed by atoms with Crippen molar-refractivity contribution < 1.29 is 9.50 Å². The topological polar surface area (TPSA) is 46.0 Å². The third kappa shape index (κ3) is 1.21. The van der Waals surface area contributed by atoms with Crippen LogP contribution in [0.2, 0.25) is 0 Å². The third-order valence-electron chi connectivity index (χ3n) is 1.09. The molecule has 54 valence electrons. The average molecular weight is 142 g/mol. The van der Waals surface area contributed by atoms with E-state index in [1.165, 1.54) is 0 Å². The van der Waals surface area contributed by atoms with Crippen LogP contribution in [0.4, 0.5) is 4.39 Å². The molecule has 1 rings (SSSR count). The van der Waals surface area contributed by atoms with Crippen molar-refractivity contribution in [2.24, 2.45) is 0 Å². The number of aromatic hydroxyl groups is 1. The normalized spacial score (nSPS) is 9.80. The lowest BCUT2D eigenvalue weighted by atomic mass is 10.4. The van der Waals surface area contributed by atoms with Crippen molar-refractivity contribution >= 4 is 0 Å². The van der Waals surface area contributed by atoms with Gasteiger partial charge in [0.1, 0.15) is 5.82 Å². The first-order valence-corrected chi connectivity index (χ1v) is 2.94. The molecule has 4 heteroatoms. The van der Waals surface area contributed by atoms with Gasteiger partial charge in [-0.15, -0.1) is 0 Å². The second kappa shape index (κ2) is 2.60. The summed E-state index contributed by atoms with van der Waals surface area (Å²) in [4.78, 5) is 7.07. The number of halogens is 1. The number of rotatable bonds is 1. The van der Waals surface area contributed by atoms with E-state index in [9.17, 15) is 4.39 Å².